The number of aromatic carboxylic acids is 1. The molecule has 4 rings (SSSR count). The van der Waals surface area contributed by atoms with Crippen molar-refractivity contribution in [1.29, 1.82) is 0 Å². The lowest BCUT2D eigenvalue weighted by Crippen LogP contribution is -2.52. The standard InChI is InChI=1S/C39H52N4O8/c1-24(2)19-21-42(35(47)50-38(6,7)8)33(40-34(46)49-37(3,4)5)41-22-20-27-30(25-15-13-12-14-16-25)43(36(48)51-39(9,10)11)29-18-17-26(32(44)45)23-28(29)31(27)41/h12-19,23,27,30-31H,20-22H2,1-11H3,(H,44,45)/b40-33-/t27-,30-,31-/m0/s1. The van der Waals surface area contributed by atoms with Gasteiger partial charge in [-0.3, -0.25) is 4.90 Å². The van der Waals surface area contributed by atoms with Crippen molar-refractivity contribution in [2.75, 3.05) is 18.0 Å². The average Bonchev–Trinajstić information content (AvgIpc) is 3.42. The number of aliphatic imine (C=N–C) groups is 1. The zero-order chi connectivity index (χ0) is 38.1. The predicted octanol–water partition coefficient (Wildman–Crippen LogP) is 8.74. The summed E-state index contributed by atoms with van der Waals surface area (Å²) in [6.07, 6.45) is 0.0988. The Hall–Kier alpha value is -4.87. The zero-order valence-corrected chi connectivity index (χ0v) is 31.6. The maximum atomic E-state index is 14.2. The van der Waals surface area contributed by atoms with Crippen molar-refractivity contribution < 1.29 is 38.5 Å². The Balaban J connectivity index is 2.02. The summed E-state index contributed by atoms with van der Waals surface area (Å²) in [5.41, 5.74) is 0.171. The van der Waals surface area contributed by atoms with Gasteiger partial charge < -0.3 is 24.2 Å². The van der Waals surface area contributed by atoms with E-state index in [-0.39, 0.29) is 24.0 Å². The summed E-state index contributed by atoms with van der Waals surface area (Å²) in [6.45, 7) is 19.9. The molecule has 1 fully saturated rings. The highest BCUT2D eigenvalue weighted by Crippen LogP contribution is 2.55. The van der Waals surface area contributed by atoms with Crippen LogP contribution in [0.2, 0.25) is 0 Å². The molecule has 2 aromatic rings. The van der Waals surface area contributed by atoms with Gasteiger partial charge in [0.1, 0.15) is 16.8 Å². The third kappa shape index (κ3) is 9.68. The van der Waals surface area contributed by atoms with Crippen LogP contribution in [0.5, 0.6) is 0 Å². The van der Waals surface area contributed by atoms with Gasteiger partial charge in [-0.2, -0.15) is 0 Å². The zero-order valence-electron chi connectivity index (χ0n) is 31.6. The molecule has 0 bridgehead atoms. The van der Waals surface area contributed by atoms with E-state index < -0.39 is 53.1 Å². The predicted molar refractivity (Wildman–Crippen MR) is 195 cm³/mol. The summed E-state index contributed by atoms with van der Waals surface area (Å²) in [5.74, 6) is -1.51. The first kappa shape index (κ1) is 38.9. The second kappa shape index (κ2) is 14.8. The Morgan fingerprint density at radius 1 is 0.863 bits per heavy atom. The number of nitrogens with zero attached hydrogens (tertiary/aromatic N) is 4. The van der Waals surface area contributed by atoms with E-state index in [1.54, 1.807) is 79.3 Å². The van der Waals surface area contributed by atoms with Crippen LogP contribution >= 0.6 is 0 Å². The van der Waals surface area contributed by atoms with Crippen molar-refractivity contribution in [1.82, 2.24) is 9.80 Å². The molecule has 51 heavy (non-hydrogen) atoms. The molecule has 276 valence electrons. The molecule has 0 radical (unpaired) electrons. The van der Waals surface area contributed by atoms with Gasteiger partial charge in [-0.05, 0) is 112 Å². The van der Waals surface area contributed by atoms with Gasteiger partial charge in [0, 0.05) is 12.5 Å². The Morgan fingerprint density at radius 2 is 1.47 bits per heavy atom. The van der Waals surface area contributed by atoms with Gasteiger partial charge in [0.25, 0.3) is 0 Å². The summed E-state index contributed by atoms with van der Waals surface area (Å²) < 4.78 is 17.4. The van der Waals surface area contributed by atoms with Crippen LogP contribution in [0, 0.1) is 5.92 Å². The Labute approximate surface area is 301 Å². The van der Waals surface area contributed by atoms with Crippen LogP contribution in [-0.4, -0.2) is 75.0 Å². The summed E-state index contributed by atoms with van der Waals surface area (Å²) in [7, 11) is 0. The molecule has 0 spiro atoms. The molecule has 12 nitrogen and oxygen atoms in total. The monoisotopic (exact) mass is 704 g/mol. The van der Waals surface area contributed by atoms with E-state index in [0.717, 1.165) is 11.1 Å². The highest BCUT2D eigenvalue weighted by molar-refractivity contribution is 6.00. The van der Waals surface area contributed by atoms with Gasteiger partial charge in [0.05, 0.1) is 29.9 Å². The molecule has 1 saturated heterocycles. The first-order valence-electron chi connectivity index (χ1n) is 17.2. The number of hydrogen-bond acceptors (Lipinski definition) is 7. The molecule has 2 aromatic carbocycles. The van der Waals surface area contributed by atoms with E-state index >= 15 is 0 Å². The third-order valence-corrected chi connectivity index (χ3v) is 8.09. The van der Waals surface area contributed by atoms with Crippen molar-refractivity contribution in [3.63, 3.8) is 0 Å². The van der Waals surface area contributed by atoms with E-state index in [4.69, 9.17) is 14.2 Å². The van der Waals surface area contributed by atoms with E-state index in [2.05, 4.69) is 4.99 Å². The number of hydrogen-bond donors (Lipinski definition) is 1. The first-order chi connectivity index (χ1) is 23.6. The van der Waals surface area contributed by atoms with Gasteiger partial charge in [-0.25, -0.2) is 24.1 Å². The summed E-state index contributed by atoms with van der Waals surface area (Å²) in [5, 5.41) is 10.1. The SMILES string of the molecule is CC(C)=CCN(C(=O)OC(C)(C)C)/C(=N\C(=O)OC(C)(C)C)N1CC[C@@H]2[C@H]1c1cc(C(=O)O)ccc1N(C(=O)OC(C)(C)C)[C@H]2c1ccccc1. The molecule has 0 aromatic heterocycles. The molecule has 0 unspecified atom stereocenters. The number of benzene rings is 2. The van der Waals surface area contributed by atoms with Gasteiger partial charge in [0.2, 0.25) is 5.96 Å². The Kier molecular flexibility index (Phi) is 11.3. The quantitative estimate of drug-likeness (QED) is 0.143. The average molecular weight is 705 g/mol. The summed E-state index contributed by atoms with van der Waals surface area (Å²) >= 11 is 0. The number of allylic oxidation sites excluding steroid dienone is 1. The van der Waals surface area contributed by atoms with Crippen molar-refractivity contribution >= 4 is 35.9 Å². The molecule has 0 aliphatic carbocycles. The molecule has 12 heteroatoms. The molecule has 0 saturated carbocycles. The molecular formula is C39H52N4O8. The Bertz CT molecular complexity index is 1690. The fourth-order valence-corrected chi connectivity index (χ4v) is 6.30. The smallest absolute Gasteiger partial charge is 0.437 e. The summed E-state index contributed by atoms with van der Waals surface area (Å²) in [4.78, 5) is 63.2. The number of carbonyl (C=O) groups is 4. The largest absolute Gasteiger partial charge is 0.478 e. The van der Waals surface area contributed by atoms with Gasteiger partial charge in [-0.1, -0.05) is 42.0 Å². The van der Waals surface area contributed by atoms with Crippen LogP contribution in [0.25, 0.3) is 0 Å². The number of likely N-dealkylation sites (tertiary alicyclic amines) is 1. The van der Waals surface area contributed by atoms with Crippen molar-refractivity contribution in [2.24, 2.45) is 10.9 Å². The van der Waals surface area contributed by atoms with Crippen LogP contribution in [-0.2, 0) is 14.2 Å². The topological polar surface area (TPSA) is 138 Å². The van der Waals surface area contributed by atoms with Crippen LogP contribution in [0.4, 0.5) is 20.1 Å². The summed E-state index contributed by atoms with van der Waals surface area (Å²) in [6, 6.07) is 13.0. The molecular weight excluding hydrogens is 652 g/mol. The highest BCUT2D eigenvalue weighted by Gasteiger charge is 2.52. The van der Waals surface area contributed by atoms with Gasteiger partial charge in [0.15, 0.2) is 0 Å². The number of carboxylic acids is 1. The number of carbonyl (C=O) groups excluding carboxylic acids is 3. The number of anilines is 1. The minimum absolute atomic E-state index is 0.00675. The van der Waals surface area contributed by atoms with Crippen LogP contribution in [0.1, 0.15) is 116 Å². The van der Waals surface area contributed by atoms with Crippen LogP contribution < -0.4 is 4.90 Å². The van der Waals surface area contributed by atoms with Crippen molar-refractivity contribution in [3.05, 3.63) is 76.9 Å². The van der Waals surface area contributed by atoms with E-state index in [9.17, 15) is 24.3 Å². The molecule has 2 heterocycles. The number of ether oxygens (including phenoxy) is 3. The van der Waals surface area contributed by atoms with Gasteiger partial charge in [-0.15, -0.1) is 4.99 Å². The maximum absolute atomic E-state index is 14.2. The normalized spacial score (nSPS) is 19.0. The first-order valence-corrected chi connectivity index (χ1v) is 17.2. The van der Waals surface area contributed by atoms with Crippen molar-refractivity contribution in [2.45, 2.75) is 111 Å². The molecule has 1 N–H and O–H groups in total. The van der Waals surface area contributed by atoms with E-state index in [1.165, 1.54) is 11.0 Å². The second-order valence-electron chi connectivity index (χ2n) is 16.1. The van der Waals surface area contributed by atoms with E-state index in [0.29, 0.717) is 24.2 Å². The second-order valence-corrected chi connectivity index (χ2v) is 16.1. The lowest BCUT2D eigenvalue weighted by molar-refractivity contribution is 0.0358. The minimum atomic E-state index is -1.14. The van der Waals surface area contributed by atoms with Crippen LogP contribution in [0.15, 0.2) is 65.2 Å². The maximum Gasteiger partial charge on any atom is 0.437 e. The van der Waals surface area contributed by atoms with Crippen LogP contribution in [0.3, 0.4) is 0 Å². The number of guanidine groups is 1. The van der Waals surface area contributed by atoms with Crippen molar-refractivity contribution in [3.8, 4) is 0 Å². The molecule has 3 atom stereocenters. The molecule has 2 aliphatic rings. The fourth-order valence-electron chi connectivity index (χ4n) is 6.30. The Morgan fingerprint density at radius 3 is 2.02 bits per heavy atom. The number of amides is 3. The molecule has 2 aliphatic heterocycles. The number of carboxylic acid groups (broad SMARTS) is 1. The third-order valence-electron chi connectivity index (χ3n) is 8.09. The minimum Gasteiger partial charge on any atom is -0.478 e. The van der Waals surface area contributed by atoms with Gasteiger partial charge >= 0.3 is 24.2 Å². The van der Waals surface area contributed by atoms with E-state index in [1.807, 2.05) is 55.2 Å². The lowest BCUT2D eigenvalue weighted by Gasteiger charge is -2.46. The number of fused-ring (bicyclic) bond motifs is 3. The lowest BCUT2D eigenvalue weighted by atomic mass is 9.78. The fraction of sp³-hybridized carbons (Fsp3) is 0.513. The highest BCUT2D eigenvalue weighted by atomic mass is 16.6. The molecule has 3 amide bonds. The number of rotatable bonds is 4.